The number of hydrogen-bond donors (Lipinski definition) is 1. The molecule has 0 spiro atoms. The number of hydrogen-bond acceptors (Lipinski definition) is 2. The van der Waals surface area contributed by atoms with Gasteiger partial charge in [0.1, 0.15) is 0 Å². The van der Waals surface area contributed by atoms with Gasteiger partial charge in [0, 0.05) is 20.0 Å². The van der Waals surface area contributed by atoms with Crippen LogP contribution in [0.15, 0.2) is 18.2 Å². The molecule has 0 aromatic heterocycles. The van der Waals surface area contributed by atoms with Crippen LogP contribution in [-0.2, 0) is 16.1 Å². The van der Waals surface area contributed by atoms with E-state index in [0.717, 1.165) is 5.56 Å². The number of carboxylic acids is 1. The second-order valence-corrected chi connectivity index (χ2v) is 6.11. The summed E-state index contributed by atoms with van der Waals surface area (Å²) in [5.41, 5.74) is -0.369. The van der Waals surface area contributed by atoms with Crippen molar-refractivity contribution in [1.82, 2.24) is 4.90 Å². The zero-order valence-corrected chi connectivity index (χ0v) is 13.1. The van der Waals surface area contributed by atoms with Gasteiger partial charge in [0.25, 0.3) is 0 Å². The molecule has 1 aromatic rings. The van der Waals surface area contributed by atoms with Crippen LogP contribution in [0, 0.1) is 5.41 Å². The highest BCUT2D eigenvalue weighted by molar-refractivity contribution is 6.42. The lowest BCUT2D eigenvalue weighted by atomic mass is 9.89. The zero-order valence-electron chi connectivity index (χ0n) is 11.6. The fourth-order valence-corrected chi connectivity index (χ4v) is 1.98. The average Bonchev–Trinajstić information content (AvgIpc) is 2.34. The van der Waals surface area contributed by atoms with E-state index in [0.29, 0.717) is 10.0 Å². The third-order valence-electron chi connectivity index (χ3n) is 3.04. The summed E-state index contributed by atoms with van der Waals surface area (Å²) in [4.78, 5) is 24.5. The highest BCUT2D eigenvalue weighted by atomic mass is 35.5. The molecule has 20 heavy (non-hydrogen) atoms. The Labute approximate surface area is 128 Å². The van der Waals surface area contributed by atoms with Crippen molar-refractivity contribution in [2.75, 3.05) is 7.05 Å². The molecule has 0 atom stereocenters. The van der Waals surface area contributed by atoms with Crippen molar-refractivity contribution >= 4 is 35.1 Å². The number of aliphatic carboxylic acids is 1. The molecular formula is C14H17Cl2NO3. The molecule has 0 aliphatic carbocycles. The van der Waals surface area contributed by atoms with Crippen LogP contribution < -0.4 is 0 Å². The van der Waals surface area contributed by atoms with Crippen molar-refractivity contribution in [3.8, 4) is 0 Å². The van der Waals surface area contributed by atoms with Gasteiger partial charge in [0.2, 0.25) is 5.91 Å². The highest BCUT2D eigenvalue weighted by Gasteiger charge is 2.31. The van der Waals surface area contributed by atoms with Crippen molar-refractivity contribution in [3.63, 3.8) is 0 Å². The van der Waals surface area contributed by atoms with Crippen molar-refractivity contribution in [2.45, 2.75) is 26.8 Å². The number of halogens is 2. The van der Waals surface area contributed by atoms with Gasteiger partial charge in [-0.05, 0) is 25.5 Å². The van der Waals surface area contributed by atoms with Crippen LogP contribution in [0.5, 0.6) is 0 Å². The molecule has 6 heteroatoms. The first-order valence-electron chi connectivity index (χ1n) is 6.05. The van der Waals surface area contributed by atoms with E-state index in [9.17, 15) is 9.59 Å². The van der Waals surface area contributed by atoms with Gasteiger partial charge in [-0.1, -0.05) is 35.3 Å². The normalized spacial score (nSPS) is 11.2. The Hall–Kier alpha value is -1.26. The van der Waals surface area contributed by atoms with Crippen molar-refractivity contribution in [3.05, 3.63) is 33.8 Å². The standard InChI is InChI=1S/C14H17Cl2NO3/c1-14(2,13(19)20)7-11(18)17(3)8-9-5-4-6-10(15)12(9)16/h4-6H,7-8H2,1-3H3,(H,19,20). The van der Waals surface area contributed by atoms with E-state index in [-0.39, 0.29) is 18.9 Å². The maximum Gasteiger partial charge on any atom is 0.309 e. The van der Waals surface area contributed by atoms with E-state index >= 15 is 0 Å². The highest BCUT2D eigenvalue weighted by Crippen LogP contribution is 2.27. The van der Waals surface area contributed by atoms with E-state index in [1.165, 1.54) is 18.7 Å². The summed E-state index contributed by atoms with van der Waals surface area (Å²) in [7, 11) is 1.61. The topological polar surface area (TPSA) is 57.6 Å². The third-order valence-corrected chi connectivity index (χ3v) is 3.90. The van der Waals surface area contributed by atoms with Gasteiger partial charge < -0.3 is 10.0 Å². The fraction of sp³-hybridized carbons (Fsp3) is 0.429. The predicted molar refractivity (Wildman–Crippen MR) is 79.0 cm³/mol. The Morgan fingerprint density at radius 2 is 1.90 bits per heavy atom. The largest absolute Gasteiger partial charge is 0.481 e. The molecule has 1 amide bonds. The molecule has 1 rings (SSSR count). The van der Waals surface area contributed by atoms with Crippen LogP contribution in [0.25, 0.3) is 0 Å². The fourth-order valence-electron chi connectivity index (χ4n) is 1.60. The summed E-state index contributed by atoms with van der Waals surface area (Å²) < 4.78 is 0. The van der Waals surface area contributed by atoms with Crippen LogP contribution in [-0.4, -0.2) is 28.9 Å². The Morgan fingerprint density at radius 3 is 2.45 bits per heavy atom. The summed E-state index contributed by atoms with van der Waals surface area (Å²) in [6.45, 7) is 3.33. The molecule has 0 aliphatic rings. The first-order chi connectivity index (χ1) is 9.15. The number of amides is 1. The molecule has 0 bridgehead atoms. The Morgan fingerprint density at radius 1 is 1.30 bits per heavy atom. The predicted octanol–water partition coefficient (Wildman–Crippen LogP) is 3.45. The SMILES string of the molecule is CN(Cc1cccc(Cl)c1Cl)C(=O)CC(C)(C)C(=O)O. The molecule has 0 fully saturated rings. The summed E-state index contributed by atoms with van der Waals surface area (Å²) in [5, 5.41) is 9.87. The molecular weight excluding hydrogens is 301 g/mol. The van der Waals surface area contributed by atoms with E-state index in [1.807, 2.05) is 0 Å². The van der Waals surface area contributed by atoms with Crippen molar-refractivity contribution in [1.29, 1.82) is 0 Å². The monoisotopic (exact) mass is 317 g/mol. The van der Waals surface area contributed by atoms with Crippen LogP contribution in [0.2, 0.25) is 10.0 Å². The number of rotatable bonds is 5. The van der Waals surface area contributed by atoms with Crippen molar-refractivity contribution in [2.24, 2.45) is 5.41 Å². The third kappa shape index (κ3) is 4.12. The molecule has 110 valence electrons. The lowest BCUT2D eigenvalue weighted by Crippen LogP contribution is -2.34. The second kappa shape index (κ2) is 6.46. The maximum absolute atomic E-state index is 12.1. The van der Waals surface area contributed by atoms with Gasteiger partial charge in [-0.2, -0.15) is 0 Å². The van der Waals surface area contributed by atoms with E-state index in [2.05, 4.69) is 0 Å². The molecule has 0 aliphatic heterocycles. The summed E-state index contributed by atoms with van der Waals surface area (Å²) in [6.07, 6.45) is -0.0724. The van der Waals surface area contributed by atoms with Gasteiger partial charge in [-0.25, -0.2) is 0 Å². The summed E-state index contributed by atoms with van der Waals surface area (Å²) >= 11 is 12.0. The Balaban J connectivity index is 2.76. The van der Waals surface area contributed by atoms with Gasteiger partial charge in [0.15, 0.2) is 0 Å². The Bertz CT molecular complexity index is 529. The number of carboxylic acid groups (broad SMARTS) is 1. The van der Waals surface area contributed by atoms with Crippen LogP contribution in [0.1, 0.15) is 25.8 Å². The summed E-state index contributed by atoms with van der Waals surface area (Å²) in [5.74, 6) is -1.26. The molecule has 0 unspecified atom stereocenters. The summed E-state index contributed by atoms with van der Waals surface area (Å²) in [6, 6.07) is 5.20. The maximum atomic E-state index is 12.1. The number of carbonyl (C=O) groups excluding carboxylic acids is 1. The van der Waals surface area contributed by atoms with E-state index < -0.39 is 11.4 Å². The van der Waals surface area contributed by atoms with Crippen LogP contribution in [0.4, 0.5) is 0 Å². The number of nitrogens with zero attached hydrogens (tertiary/aromatic N) is 1. The molecule has 1 aromatic carbocycles. The lowest BCUT2D eigenvalue weighted by Gasteiger charge is -2.24. The molecule has 0 saturated carbocycles. The average molecular weight is 318 g/mol. The number of benzene rings is 1. The molecule has 0 heterocycles. The van der Waals surface area contributed by atoms with E-state index in [1.54, 1.807) is 25.2 Å². The smallest absolute Gasteiger partial charge is 0.309 e. The lowest BCUT2D eigenvalue weighted by molar-refractivity contribution is -0.151. The number of carbonyl (C=O) groups is 2. The van der Waals surface area contributed by atoms with Gasteiger partial charge in [0.05, 0.1) is 15.5 Å². The Kier molecular flexibility index (Phi) is 5.42. The van der Waals surface area contributed by atoms with Gasteiger partial charge in [-0.3, -0.25) is 9.59 Å². The first kappa shape index (κ1) is 16.8. The molecule has 1 N–H and O–H groups in total. The second-order valence-electron chi connectivity index (χ2n) is 5.33. The molecule has 4 nitrogen and oxygen atoms in total. The van der Waals surface area contributed by atoms with Gasteiger partial charge >= 0.3 is 5.97 Å². The first-order valence-corrected chi connectivity index (χ1v) is 6.81. The minimum absolute atomic E-state index is 0.0724. The van der Waals surface area contributed by atoms with Crippen LogP contribution >= 0.6 is 23.2 Å². The molecule has 0 saturated heterocycles. The minimum Gasteiger partial charge on any atom is -0.481 e. The van der Waals surface area contributed by atoms with E-state index in [4.69, 9.17) is 28.3 Å². The quantitative estimate of drug-likeness (QED) is 0.904. The minimum atomic E-state index is -1.09. The van der Waals surface area contributed by atoms with Crippen LogP contribution in [0.3, 0.4) is 0 Å². The molecule has 0 radical (unpaired) electrons. The van der Waals surface area contributed by atoms with Gasteiger partial charge in [-0.15, -0.1) is 0 Å². The van der Waals surface area contributed by atoms with Crippen molar-refractivity contribution < 1.29 is 14.7 Å². The zero-order chi connectivity index (χ0) is 15.5.